The number of methoxy groups -OCH3 is 2. The number of quaternary nitrogens is 1. The second kappa shape index (κ2) is 6.99. The Kier molecular flexibility index (Phi) is 5.06. The minimum absolute atomic E-state index is 0.0282. The molecule has 1 atom stereocenters. The molecule has 2 aromatic carbocycles. The third-order valence-corrected chi connectivity index (χ3v) is 3.40. The van der Waals surface area contributed by atoms with Crippen molar-refractivity contribution < 1.29 is 19.9 Å². The first-order valence-electron chi connectivity index (χ1n) is 6.97. The highest BCUT2D eigenvalue weighted by atomic mass is 16.5. The van der Waals surface area contributed by atoms with Crippen LogP contribution in [0.5, 0.6) is 17.2 Å². The van der Waals surface area contributed by atoms with Crippen LogP contribution < -0.4 is 19.9 Å². The van der Waals surface area contributed by atoms with Crippen LogP contribution in [0.25, 0.3) is 0 Å². The summed E-state index contributed by atoms with van der Waals surface area (Å²) in [6.45, 7) is 2.64. The quantitative estimate of drug-likeness (QED) is 0.888. The minimum Gasteiger partial charge on any atom is -0.494 e. The molecular weight excluding hydrogens is 266 g/mol. The molecule has 2 rings (SSSR count). The van der Waals surface area contributed by atoms with Gasteiger partial charge in [0.15, 0.2) is 11.5 Å². The van der Waals surface area contributed by atoms with Gasteiger partial charge in [0.1, 0.15) is 11.8 Å². The van der Waals surface area contributed by atoms with Gasteiger partial charge in [0.2, 0.25) is 0 Å². The SMILES string of the molecule is CCOc1ccc(C([NH3+])c2ccc(OC)c(OC)c2)cc1. The molecular formula is C17H22NO3+. The third-order valence-electron chi connectivity index (χ3n) is 3.40. The summed E-state index contributed by atoms with van der Waals surface area (Å²) in [5, 5.41) is 0. The van der Waals surface area contributed by atoms with Crippen LogP contribution in [-0.4, -0.2) is 20.8 Å². The van der Waals surface area contributed by atoms with Gasteiger partial charge in [-0.25, -0.2) is 0 Å². The van der Waals surface area contributed by atoms with Crippen molar-refractivity contribution in [3.63, 3.8) is 0 Å². The van der Waals surface area contributed by atoms with Gasteiger partial charge in [-0.2, -0.15) is 0 Å². The van der Waals surface area contributed by atoms with E-state index >= 15 is 0 Å². The molecule has 0 aromatic heterocycles. The molecule has 0 amide bonds. The van der Waals surface area contributed by atoms with Crippen molar-refractivity contribution in [1.82, 2.24) is 0 Å². The maximum Gasteiger partial charge on any atom is 0.161 e. The van der Waals surface area contributed by atoms with E-state index in [1.54, 1.807) is 14.2 Å². The van der Waals surface area contributed by atoms with Crippen molar-refractivity contribution in [1.29, 1.82) is 0 Å². The highest BCUT2D eigenvalue weighted by Crippen LogP contribution is 2.31. The molecule has 112 valence electrons. The first kappa shape index (κ1) is 15.2. The average molecular weight is 288 g/mol. The Morgan fingerprint density at radius 1 is 0.905 bits per heavy atom. The smallest absolute Gasteiger partial charge is 0.161 e. The molecule has 0 aliphatic rings. The topological polar surface area (TPSA) is 55.3 Å². The van der Waals surface area contributed by atoms with E-state index in [4.69, 9.17) is 14.2 Å². The Balaban J connectivity index is 2.24. The molecule has 4 heteroatoms. The lowest BCUT2D eigenvalue weighted by Gasteiger charge is -2.13. The van der Waals surface area contributed by atoms with E-state index in [0.29, 0.717) is 6.61 Å². The van der Waals surface area contributed by atoms with E-state index < -0.39 is 0 Å². The maximum atomic E-state index is 5.46. The molecule has 0 aliphatic carbocycles. The third kappa shape index (κ3) is 3.47. The van der Waals surface area contributed by atoms with Gasteiger partial charge in [0.25, 0.3) is 0 Å². The summed E-state index contributed by atoms with van der Waals surface area (Å²) in [6.07, 6.45) is 0. The second-order valence-corrected chi connectivity index (χ2v) is 4.67. The van der Waals surface area contributed by atoms with Crippen molar-refractivity contribution in [2.24, 2.45) is 0 Å². The van der Waals surface area contributed by atoms with Crippen molar-refractivity contribution in [3.8, 4) is 17.2 Å². The van der Waals surface area contributed by atoms with Crippen LogP contribution in [0.3, 0.4) is 0 Å². The largest absolute Gasteiger partial charge is 0.494 e. The number of benzene rings is 2. The zero-order chi connectivity index (χ0) is 15.2. The van der Waals surface area contributed by atoms with Crippen LogP contribution in [0.1, 0.15) is 24.1 Å². The highest BCUT2D eigenvalue weighted by molar-refractivity contribution is 5.45. The van der Waals surface area contributed by atoms with Gasteiger partial charge in [-0.1, -0.05) is 0 Å². The van der Waals surface area contributed by atoms with Gasteiger partial charge in [-0.15, -0.1) is 0 Å². The lowest BCUT2D eigenvalue weighted by molar-refractivity contribution is -0.411. The van der Waals surface area contributed by atoms with E-state index in [2.05, 4.69) is 5.73 Å². The maximum absolute atomic E-state index is 5.46. The summed E-state index contributed by atoms with van der Waals surface area (Å²) in [7, 11) is 3.27. The van der Waals surface area contributed by atoms with E-state index in [9.17, 15) is 0 Å². The fraction of sp³-hybridized carbons (Fsp3) is 0.294. The Hall–Kier alpha value is -2.20. The number of rotatable bonds is 6. The summed E-state index contributed by atoms with van der Waals surface area (Å²) in [6, 6.07) is 13.9. The highest BCUT2D eigenvalue weighted by Gasteiger charge is 2.15. The Bertz CT molecular complexity index is 581. The first-order valence-corrected chi connectivity index (χ1v) is 6.97. The molecule has 0 bridgehead atoms. The summed E-state index contributed by atoms with van der Waals surface area (Å²) >= 11 is 0. The van der Waals surface area contributed by atoms with Crippen molar-refractivity contribution in [2.75, 3.05) is 20.8 Å². The zero-order valence-electron chi connectivity index (χ0n) is 12.8. The summed E-state index contributed by atoms with van der Waals surface area (Å²) < 4.78 is 16.1. The fourth-order valence-electron chi connectivity index (χ4n) is 2.23. The molecule has 1 unspecified atom stereocenters. The Morgan fingerprint density at radius 3 is 2.10 bits per heavy atom. The average Bonchev–Trinajstić information content (AvgIpc) is 2.54. The predicted octanol–water partition coefficient (Wildman–Crippen LogP) is 2.43. The van der Waals surface area contributed by atoms with E-state index in [1.165, 1.54) is 0 Å². The van der Waals surface area contributed by atoms with Crippen LogP contribution in [0, 0.1) is 0 Å². The van der Waals surface area contributed by atoms with Crippen LogP contribution in [-0.2, 0) is 0 Å². The summed E-state index contributed by atoms with van der Waals surface area (Å²) in [4.78, 5) is 0. The fourth-order valence-corrected chi connectivity index (χ4v) is 2.23. The monoisotopic (exact) mass is 288 g/mol. The van der Waals surface area contributed by atoms with Gasteiger partial charge in [0, 0.05) is 11.1 Å². The van der Waals surface area contributed by atoms with Crippen molar-refractivity contribution >= 4 is 0 Å². The molecule has 4 nitrogen and oxygen atoms in total. The normalized spacial score (nSPS) is 11.8. The number of hydrogen-bond acceptors (Lipinski definition) is 3. The van der Waals surface area contributed by atoms with E-state index in [0.717, 1.165) is 28.4 Å². The molecule has 3 N–H and O–H groups in total. The molecule has 0 saturated heterocycles. The van der Waals surface area contributed by atoms with E-state index in [-0.39, 0.29) is 6.04 Å². The van der Waals surface area contributed by atoms with Gasteiger partial charge in [0.05, 0.1) is 20.8 Å². The lowest BCUT2D eigenvalue weighted by atomic mass is 9.99. The van der Waals surface area contributed by atoms with Crippen LogP contribution in [0.15, 0.2) is 42.5 Å². The molecule has 21 heavy (non-hydrogen) atoms. The molecule has 0 fully saturated rings. The van der Waals surface area contributed by atoms with E-state index in [1.807, 2.05) is 49.4 Å². The first-order chi connectivity index (χ1) is 10.2. The summed E-state index contributed by atoms with van der Waals surface area (Å²) in [5.41, 5.74) is 6.46. The predicted molar refractivity (Wildman–Crippen MR) is 81.9 cm³/mol. The van der Waals surface area contributed by atoms with Gasteiger partial charge < -0.3 is 19.9 Å². The van der Waals surface area contributed by atoms with Gasteiger partial charge in [-0.05, 0) is 49.4 Å². The standard InChI is InChI=1S/C17H21NO3/c1-4-21-14-8-5-12(6-9-14)17(18)13-7-10-15(19-2)16(11-13)20-3/h5-11,17H,4,18H2,1-3H3/p+1. The molecule has 0 spiro atoms. The molecule has 0 heterocycles. The second-order valence-electron chi connectivity index (χ2n) is 4.67. The number of ether oxygens (including phenoxy) is 3. The van der Waals surface area contributed by atoms with Gasteiger partial charge >= 0.3 is 0 Å². The Morgan fingerprint density at radius 2 is 1.52 bits per heavy atom. The number of hydrogen-bond donors (Lipinski definition) is 1. The van der Waals surface area contributed by atoms with Crippen LogP contribution in [0.2, 0.25) is 0 Å². The molecule has 2 aromatic rings. The van der Waals surface area contributed by atoms with Crippen LogP contribution >= 0.6 is 0 Å². The summed E-state index contributed by atoms with van der Waals surface area (Å²) in [5.74, 6) is 2.32. The molecule has 0 saturated carbocycles. The van der Waals surface area contributed by atoms with Crippen molar-refractivity contribution in [2.45, 2.75) is 13.0 Å². The minimum atomic E-state index is 0.0282. The molecule has 0 radical (unpaired) electrons. The van der Waals surface area contributed by atoms with Crippen molar-refractivity contribution in [3.05, 3.63) is 53.6 Å². The zero-order valence-corrected chi connectivity index (χ0v) is 12.8. The van der Waals surface area contributed by atoms with Gasteiger partial charge in [-0.3, -0.25) is 0 Å². The molecule has 0 aliphatic heterocycles. The van der Waals surface area contributed by atoms with Crippen LogP contribution in [0.4, 0.5) is 0 Å². The Labute approximate surface area is 125 Å². The lowest BCUT2D eigenvalue weighted by Crippen LogP contribution is -2.54.